The third kappa shape index (κ3) is 2.86. The molecule has 0 N–H and O–H groups in total. The highest BCUT2D eigenvalue weighted by Gasteiger charge is 1.97. The van der Waals surface area contributed by atoms with Crippen molar-refractivity contribution in [1.82, 2.24) is 9.97 Å². The molecule has 0 saturated carbocycles. The first-order valence-corrected chi connectivity index (χ1v) is 4.75. The van der Waals surface area contributed by atoms with Crippen molar-refractivity contribution < 1.29 is 0 Å². The molecular weight excluding hydrogens is 252 g/mol. The molecule has 0 saturated heterocycles. The van der Waals surface area contributed by atoms with Gasteiger partial charge in [0.15, 0.2) is 0 Å². The Hall–Kier alpha value is -1.22. The van der Waals surface area contributed by atoms with Gasteiger partial charge in [-0.1, -0.05) is 6.92 Å². The molecule has 2 nitrogen and oxygen atoms in total. The first-order chi connectivity index (χ1) is 6.90. The topological polar surface area (TPSA) is 25.8 Å². The van der Waals surface area contributed by atoms with Crippen LogP contribution in [0.15, 0.2) is 42.9 Å². The summed E-state index contributed by atoms with van der Waals surface area (Å²) in [5, 5.41) is 0. The van der Waals surface area contributed by atoms with Gasteiger partial charge < -0.3 is 0 Å². The van der Waals surface area contributed by atoms with E-state index in [-0.39, 0.29) is 17.0 Å². The second kappa shape index (κ2) is 5.61. The first-order valence-electron chi connectivity index (χ1n) is 4.75. The Balaban J connectivity index is 0.00000112. The Morgan fingerprint density at radius 3 is 2.33 bits per heavy atom. The number of aryl methyl sites for hydroxylation is 1. The number of hydrogen-bond acceptors (Lipinski definition) is 2. The van der Waals surface area contributed by atoms with Crippen LogP contribution >= 0.6 is 17.0 Å². The number of nitrogens with zero attached hydrogens (tertiary/aromatic N) is 2. The predicted molar refractivity (Wildman–Crippen MR) is 67.2 cm³/mol. The molecule has 2 aromatic heterocycles. The van der Waals surface area contributed by atoms with Gasteiger partial charge in [0.1, 0.15) is 0 Å². The summed E-state index contributed by atoms with van der Waals surface area (Å²) in [6.07, 6.45) is 6.44. The fourth-order valence-corrected chi connectivity index (χ4v) is 1.40. The first kappa shape index (κ1) is 11.9. The largest absolute Gasteiger partial charge is 0.265 e. The molecule has 3 heteroatoms. The van der Waals surface area contributed by atoms with E-state index in [1.54, 1.807) is 12.4 Å². The van der Waals surface area contributed by atoms with Crippen molar-refractivity contribution in [3.63, 3.8) is 0 Å². The van der Waals surface area contributed by atoms with E-state index in [4.69, 9.17) is 0 Å². The maximum absolute atomic E-state index is 4.27. The minimum Gasteiger partial charge on any atom is -0.265 e. The van der Waals surface area contributed by atoms with Crippen LogP contribution in [0.25, 0.3) is 11.1 Å². The van der Waals surface area contributed by atoms with E-state index >= 15 is 0 Å². The van der Waals surface area contributed by atoms with E-state index in [0.29, 0.717) is 0 Å². The van der Waals surface area contributed by atoms with Crippen LogP contribution in [-0.4, -0.2) is 9.97 Å². The van der Waals surface area contributed by atoms with Crippen LogP contribution in [-0.2, 0) is 6.42 Å². The smallest absolute Gasteiger partial charge is 0.0407 e. The highest BCUT2D eigenvalue weighted by Crippen LogP contribution is 2.18. The molecule has 2 rings (SSSR count). The van der Waals surface area contributed by atoms with Crippen molar-refractivity contribution in [3.8, 4) is 11.1 Å². The quantitative estimate of drug-likeness (QED) is 0.832. The van der Waals surface area contributed by atoms with Crippen molar-refractivity contribution in [1.29, 1.82) is 0 Å². The maximum atomic E-state index is 4.27. The Morgan fingerprint density at radius 1 is 1.00 bits per heavy atom. The van der Waals surface area contributed by atoms with Crippen LogP contribution in [0.4, 0.5) is 0 Å². The van der Waals surface area contributed by atoms with Crippen molar-refractivity contribution in [2.24, 2.45) is 0 Å². The standard InChI is InChI=1S/C12H12N2.BrH/c1-2-12-9-11(5-8-14-12)10-3-6-13-7-4-10;/h3-9H,2H2,1H3;1H. The van der Waals surface area contributed by atoms with E-state index in [2.05, 4.69) is 23.0 Å². The lowest BCUT2D eigenvalue weighted by Gasteiger charge is -2.02. The monoisotopic (exact) mass is 264 g/mol. The molecular formula is C12H13BrN2. The summed E-state index contributed by atoms with van der Waals surface area (Å²) in [7, 11) is 0. The summed E-state index contributed by atoms with van der Waals surface area (Å²) in [4.78, 5) is 8.27. The predicted octanol–water partition coefficient (Wildman–Crippen LogP) is 3.28. The third-order valence-corrected chi connectivity index (χ3v) is 2.19. The fraction of sp³-hybridized carbons (Fsp3) is 0.167. The van der Waals surface area contributed by atoms with Crippen molar-refractivity contribution >= 4 is 17.0 Å². The fourth-order valence-electron chi connectivity index (χ4n) is 1.40. The SMILES string of the molecule is Br.CCc1cc(-c2ccncc2)ccn1. The Bertz CT molecular complexity index is 415. The van der Waals surface area contributed by atoms with E-state index in [1.807, 2.05) is 24.4 Å². The summed E-state index contributed by atoms with van der Waals surface area (Å²) in [6, 6.07) is 8.16. The van der Waals surface area contributed by atoms with Crippen LogP contribution in [0.3, 0.4) is 0 Å². The molecule has 2 aromatic rings. The molecule has 0 fully saturated rings. The minimum absolute atomic E-state index is 0. The second-order valence-electron chi connectivity index (χ2n) is 3.13. The van der Waals surface area contributed by atoms with Crippen LogP contribution in [0, 0.1) is 0 Å². The van der Waals surface area contributed by atoms with Gasteiger partial charge in [0.25, 0.3) is 0 Å². The van der Waals surface area contributed by atoms with Crippen molar-refractivity contribution in [3.05, 3.63) is 48.5 Å². The van der Waals surface area contributed by atoms with Gasteiger partial charge >= 0.3 is 0 Å². The Kier molecular flexibility index (Phi) is 4.43. The van der Waals surface area contributed by atoms with Gasteiger partial charge in [-0.05, 0) is 41.8 Å². The van der Waals surface area contributed by atoms with E-state index < -0.39 is 0 Å². The lowest BCUT2D eigenvalue weighted by atomic mass is 10.1. The lowest BCUT2D eigenvalue weighted by molar-refractivity contribution is 1.04. The van der Waals surface area contributed by atoms with Gasteiger partial charge in [0.05, 0.1) is 0 Å². The summed E-state index contributed by atoms with van der Waals surface area (Å²) < 4.78 is 0. The molecule has 2 heterocycles. The van der Waals surface area contributed by atoms with Gasteiger partial charge in [0, 0.05) is 24.3 Å². The van der Waals surface area contributed by atoms with Gasteiger partial charge in [0.2, 0.25) is 0 Å². The molecule has 0 bridgehead atoms. The van der Waals surface area contributed by atoms with Gasteiger partial charge in [-0.3, -0.25) is 9.97 Å². The van der Waals surface area contributed by atoms with Crippen LogP contribution in [0.1, 0.15) is 12.6 Å². The van der Waals surface area contributed by atoms with Crippen LogP contribution < -0.4 is 0 Å². The highest BCUT2D eigenvalue weighted by molar-refractivity contribution is 8.93. The van der Waals surface area contributed by atoms with Crippen molar-refractivity contribution in [2.75, 3.05) is 0 Å². The molecule has 0 aliphatic rings. The molecule has 78 valence electrons. The maximum Gasteiger partial charge on any atom is 0.0407 e. The van der Waals surface area contributed by atoms with Crippen molar-refractivity contribution in [2.45, 2.75) is 13.3 Å². The molecule has 0 spiro atoms. The average molecular weight is 265 g/mol. The molecule has 0 atom stereocenters. The minimum atomic E-state index is 0. The van der Waals surface area contributed by atoms with E-state index in [0.717, 1.165) is 12.1 Å². The molecule has 0 aromatic carbocycles. The molecule has 0 unspecified atom stereocenters. The summed E-state index contributed by atoms with van der Waals surface area (Å²) in [6.45, 7) is 2.11. The number of rotatable bonds is 2. The van der Waals surface area contributed by atoms with Crippen LogP contribution in [0.5, 0.6) is 0 Å². The van der Waals surface area contributed by atoms with Gasteiger partial charge in [-0.15, -0.1) is 17.0 Å². The summed E-state index contributed by atoms with van der Waals surface area (Å²) in [5.41, 5.74) is 3.52. The number of aromatic nitrogens is 2. The Morgan fingerprint density at radius 2 is 1.67 bits per heavy atom. The Labute approximate surface area is 100 Å². The molecule has 0 aliphatic heterocycles. The number of halogens is 1. The average Bonchev–Trinajstić information content (AvgIpc) is 2.30. The van der Waals surface area contributed by atoms with Gasteiger partial charge in [-0.2, -0.15) is 0 Å². The number of pyridine rings is 2. The van der Waals surface area contributed by atoms with Crippen LogP contribution in [0.2, 0.25) is 0 Å². The molecule has 15 heavy (non-hydrogen) atoms. The normalized spacial score (nSPS) is 9.40. The van der Waals surface area contributed by atoms with E-state index in [9.17, 15) is 0 Å². The molecule has 0 aliphatic carbocycles. The zero-order chi connectivity index (χ0) is 9.80. The summed E-state index contributed by atoms with van der Waals surface area (Å²) >= 11 is 0. The zero-order valence-corrected chi connectivity index (χ0v) is 10.3. The van der Waals surface area contributed by atoms with E-state index in [1.165, 1.54) is 11.1 Å². The number of hydrogen-bond donors (Lipinski definition) is 0. The zero-order valence-electron chi connectivity index (χ0n) is 8.55. The lowest BCUT2D eigenvalue weighted by Crippen LogP contribution is -1.87. The third-order valence-electron chi connectivity index (χ3n) is 2.19. The second-order valence-corrected chi connectivity index (χ2v) is 3.13. The molecule has 0 radical (unpaired) electrons. The highest BCUT2D eigenvalue weighted by atomic mass is 79.9. The molecule has 0 amide bonds. The summed E-state index contributed by atoms with van der Waals surface area (Å²) in [5.74, 6) is 0. The van der Waals surface area contributed by atoms with Gasteiger partial charge in [-0.25, -0.2) is 0 Å².